The van der Waals surface area contributed by atoms with Gasteiger partial charge in [0.2, 0.25) is 0 Å². The predicted molar refractivity (Wildman–Crippen MR) is 80.4 cm³/mol. The Morgan fingerprint density at radius 2 is 2.20 bits per heavy atom. The summed E-state index contributed by atoms with van der Waals surface area (Å²) in [4.78, 5) is 9.10. The molecule has 1 saturated heterocycles. The van der Waals surface area contributed by atoms with Gasteiger partial charge in [-0.3, -0.25) is 4.90 Å². The highest BCUT2D eigenvalue weighted by molar-refractivity contribution is 5.52. The molecule has 0 radical (unpaired) electrons. The van der Waals surface area contributed by atoms with Crippen molar-refractivity contribution < 1.29 is 9.84 Å². The van der Waals surface area contributed by atoms with Crippen LogP contribution >= 0.6 is 0 Å². The lowest BCUT2D eigenvalue weighted by molar-refractivity contribution is 0.204. The molecule has 0 saturated carbocycles. The first-order chi connectivity index (χ1) is 9.85. The van der Waals surface area contributed by atoms with Crippen molar-refractivity contribution in [2.24, 2.45) is 0 Å². The number of rotatable bonds is 6. The lowest BCUT2D eigenvalue weighted by Gasteiger charge is -2.24. The van der Waals surface area contributed by atoms with Crippen molar-refractivity contribution in [1.82, 2.24) is 9.88 Å². The zero-order valence-electron chi connectivity index (χ0n) is 12.3. The minimum Gasteiger partial charge on any atom is -0.490 e. The summed E-state index contributed by atoms with van der Waals surface area (Å²) in [6.07, 6.45) is 3.91. The summed E-state index contributed by atoms with van der Waals surface area (Å²) in [5.41, 5.74) is 0. The molecule has 2 heterocycles. The molecule has 1 aliphatic heterocycles. The monoisotopic (exact) mass is 279 g/mol. The molecule has 0 atom stereocenters. The quantitative estimate of drug-likeness (QED) is 0.852. The van der Waals surface area contributed by atoms with Crippen molar-refractivity contribution in [1.29, 1.82) is 0 Å². The third-order valence-corrected chi connectivity index (χ3v) is 3.52. The van der Waals surface area contributed by atoms with E-state index in [1.165, 1.54) is 0 Å². The van der Waals surface area contributed by atoms with E-state index < -0.39 is 0 Å². The summed E-state index contributed by atoms with van der Waals surface area (Å²) in [5.74, 6) is 1.83. The summed E-state index contributed by atoms with van der Waals surface area (Å²) < 4.78 is 5.80. The van der Waals surface area contributed by atoms with Crippen LogP contribution in [0.25, 0.3) is 0 Å². The predicted octanol–water partition coefficient (Wildman–Crippen LogP) is 1.37. The van der Waals surface area contributed by atoms with Gasteiger partial charge < -0.3 is 14.7 Å². The van der Waals surface area contributed by atoms with Gasteiger partial charge in [-0.15, -0.1) is 0 Å². The van der Waals surface area contributed by atoms with E-state index in [1.54, 1.807) is 0 Å². The fourth-order valence-corrected chi connectivity index (χ4v) is 2.49. The van der Waals surface area contributed by atoms with Crippen molar-refractivity contribution in [3.05, 3.63) is 18.3 Å². The van der Waals surface area contributed by atoms with E-state index in [0.29, 0.717) is 0 Å². The molecule has 1 N–H and O–H groups in total. The first kappa shape index (κ1) is 15.1. The van der Waals surface area contributed by atoms with Crippen LogP contribution in [0.5, 0.6) is 5.75 Å². The maximum absolute atomic E-state index is 9.05. The van der Waals surface area contributed by atoms with Crippen LogP contribution in [-0.4, -0.2) is 60.9 Å². The average molecular weight is 279 g/mol. The Hall–Kier alpha value is -1.33. The number of hydrogen-bond acceptors (Lipinski definition) is 5. The number of aliphatic hydroxyl groups excluding tert-OH is 1. The van der Waals surface area contributed by atoms with E-state index in [4.69, 9.17) is 9.84 Å². The number of aromatic nitrogens is 1. The lowest BCUT2D eigenvalue weighted by Crippen LogP contribution is -2.32. The summed E-state index contributed by atoms with van der Waals surface area (Å²) in [5, 5.41) is 9.05. The molecule has 2 rings (SSSR count). The van der Waals surface area contributed by atoms with Gasteiger partial charge in [0.15, 0.2) is 11.6 Å². The minimum atomic E-state index is 0.231. The largest absolute Gasteiger partial charge is 0.490 e. The maximum atomic E-state index is 9.05. The molecular weight excluding hydrogens is 254 g/mol. The lowest BCUT2D eigenvalue weighted by atomic mass is 10.3. The number of pyridine rings is 1. The van der Waals surface area contributed by atoms with Crippen LogP contribution in [0, 0.1) is 0 Å². The Morgan fingerprint density at radius 1 is 1.30 bits per heavy atom. The second kappa shape index (κ2) is 8.07. The second-order valence-electron chi connectivity index (χ2n) is 5.08. The standard InChI is InChI=1S/C15H25N3O2/c1-2-13-20-14-5-3-6-16-15(14)18-8-4-7-17(9-10-18)11-12-19/h3,5-6,19H,2,4,7-13H2,1H3. The highest BCUT2D eigenvalue weighted by atomic mass is 16.5. The molecule has 20 heavy (non-hydrogen) atoms. The molecule has 1 aromatic rings. The summed E-state index contributed by atoms with van der Waals surface area (Å²) >= 11 is 0. The van der Waals surface area contributed by atoms with Gasteiger partial charge in [0.05, 0.1) is 13.2 Å². The van der Waals surface area contributed by atoms with Gasteiger partial charge in [-0.25, -0.2) is 4.98 Å². The SMILES string of the molecule is CCCOc1cccnc1N1CCCN(CCO)CC1. The Labute approximate surface area is 121 Å². The molecule has 112 valence electrons. The van der Waals surface area contributed by atoms with E-state index in [-0.39, 0.29) is 6.61 Å². The molecule has 5 nitrogen and oxygen atoms in total. The fraction of sp³-hybridized carbons (Fsp3) is 0.667. The van der Waals surface area contributed by atoms with Gasteiger partial charge in [0.1, 0.15) is 0 Å². The normalized spacial score (nSPS) is 17.0. The Kier molecular flexibility index (Phi) is 6.08. The fourth-order valence-electron chi connectivity index (χ4n) is 2.49. The first-order valence-electron chi connectivity index (χ1n) is 7.51. The summed E-state index contributed by atoms with van der Waals surface area (Å²) in [6.45, 7) is 7.74. The summed E-state index contributed by atoms with van der Waals surface area (Å²) in [7, 11) is 0. The van der Waals surface area contributed by atoms with Crippen LogP contribution < -0.4 is 9.64 Å². The number of aliphatic hydroxyl groups is 1. The minimum absolute atomic E-state index is 0.231. The molecule has 0 unspecified atom stereocenters. The first-order valence-corrected chi connectivity index (χ1v) is 7.51. The Morgan fingerprint density at radius 3 is 3.00 bits per heavy atom. The van der Waals surface area contributed by atoms with Crippen LogP contribution in [-0.2, 0) is 0 Å². The van der Waals surface area contributed by atoms with Crippen LogP contribution in [0.3, 0.4) is 0 Å². The molecule has 1 aromatic heterocycles. The van der Waals surface area contributed by atoms with E-state index in [2.05, 4.69) is 21.7 Å². The summed E-state index contributed by atoms with van der Waals surface area (Å²) in [6, 6.07) is 3.92. The molecule has 0 spiro atoms. The molecule has 0 amide bonds. The third-order valence-electron chi connectivity index (χ3n) is 3.52. The van der Waals surface area contributed by atoms with Gasteiger partial charge in [0.25, 0.3) is 0 Å². The Bertz CT molecular complexity index is 400. The number of anilines is 1. The molecule has 1 fully saturated rings. The molecule has 0 aromatic carbocycles. The number of hydrogen-bond donors (Lipinski definition) is 1. The van der Waals surface area contributed by atoms with Gasteiger partial charge >= 0.3 is 0 Å². The third kappa shape index (κ3) is 4.08. The van der Waals surface area contributed by atoms with E-state index in [0.717, 1.165) is 63.7 Å². The maximum Gasteiger partial charge on any atom is 0.171 e. The number of β-amino-alcohol motifs (C(OH)–C–C–N with tert-alkyl or cyclic N) is 1. The van der Waals surface area contributed by atoms with E-state index >= 15 is 0 Å². The molecule has 1 aliphatic rings. The molecular formula is C15H25N3O2. The number of nitrogens with zero attached hydrogens (tertiary/aromatic N) is 3. The van der Waals surface area contributed by atoms with Crippen LogP contribution in [0.2, 0.25) is 0 Å². The van der Waals surface area contributed by atoms with Gasteiger partial charge in [-0.05, 0) is 31.5 Å². The molecule has 5 heteroatoms. The van der Waals surface area contributed by atoms with Gasteiger partial charge in [-0.2, -0.15) is 0 Å². The van der Waals surface area contributed by atoms with Crippen molar-refractivity contribution in [2.45, 2.75) is 19.8 Å². The molecule has 0 bridgehead atoms. The van der Waals surface area contributed by atoms with Crippen LogP contribution in [0.1, 0.15) is 19.8 Å². The number of ether oxygens (including phenoxy) is 1. The zero-order chi connectivity index (χ0) is 14.2. The second-order valence-corrected chi connectivity index (χ2v) is 5.08. The van der Waals surface area contributed by atoms with E-state index in [1.807, 2.05) is 18.3 Å². The Balaban J connectivity index is 2.03. The highest BCUT2D eigenvalue weighted by Gasteiger charge is 2.18. The van der Waals surface area contributed by atoms with Crippen molar-refractivity contribution in [3.63, 3.8) is 0 Å². The van der Waals surface area contributed by atoms with Crippen molar-refractivity contribution in [2.75, 3.05) is 50.8 Å². The molecule has 0 aliphatic carbocycles. The van der Waals surface area contributed by atoms with Crippen LogP contribution in [0.15, 0.2) is 18.3 Å². The van der Waals surface area contributed by atoms with Gasteiger partial charge in [0, 0.05) is 32.4 Å². The topological polar surface area (TPSA) is 48.8 Å². The van der Waals surface area contributed by atoms with E-state index in [9.17, 15) is 0 Å². The highest BCUT2D eigenvalue weighted by Crippen LogP contribution is 2.26. The zero-order valence-corrected chi connectivity index (χ0v) is 12.3. The van der Waals surface area contributed by atoms with Crippen molar-refractivity contribution in [3.8, 4) is 5.75 Å². The van der Waals surface area contributed by atoms with Crippen molar-refractivity contribution >= 4 is 5.82 Å². The van der Waals surface area contributed by atoms with Crippen LogP contribution in [0.4, 0.5) is 5.82 Å². The average Bonchev–Trinajstić information content (AvgIpc) is 2.71. The smallest absolute Gasteiger partial charge is 0.171 e. The van der Waals surface area contributed by atoms with Gasteiger partial charge in [-0.1, -0.05) is 6.92 Å².